The number of aromatic nitrogens is 4. The maximum atomic E-state index is 6.13. The van der Waals surface area contributed by atoms with Crippen LogP contribution >= 0.6 is 11.3 Å². The molecular formula is C20H18N4O2S. The van der Waals surface area contributed by atoms with E-state index in [0.717, 1.165) is 40.3 Å². The van der Waals surface area contributed by atoms with Gasteiger partial charge >= 0.3 is 0 Å². The van der Waals surface area contributed by atoms with E-state index in [9.17, 15) is 0 Å². The second kappa shape index (κ2) is 6.42. The number of hydrogen-bond donors (Lipinski definition) is 0. The Morgan fingerprint density at radius 3 is 2.81 bits per heavy atom. The van der Waals surface area contributed by atoms with E-state index in [2.05, 4.69) is 27.0 Å². The van der Waals surface area contributed by atoms with Crippen molar-refractivity contribution >= 4 is 21.6 Å². The van der Waals surface area contributed by atoms with Crippen LogP contribution in [0.2, 0.25) is 0 Å². The summed E-state index contributed by atoms with van der Waals surface area (Å²) in [6.07, 6.45) is 4.97. The molecule has 1 aliphatic rings. The number of benzene rings is 1. The van der Waals surface area contributed by atoms with Gasteiger partial charge in [0.15, 0.2) is 0 Å². The summed E-state index contributed by atoms with van der Waals surface area (Å²) < 4.78 is 11.2. The molecule has 1 aliphatic carbocycles. The molecule has 27 heavy (non-hydrogen) atoms. The fraction of sp³-hybridized carbons (Fsp3) is 0.300. The van der Waals surface area contributed by atoms with Crippen LogP contribution in [0.4, 0.5) is 0 Å². The fourth-order valence-electron chi connectivity index (χ4n) is 3.52. The van der Waals surface area contributed by atoms with Crippen LogP contribution in [0.15, 0.2) is 35.1 Å². The van der Waals surface area contributed by atoms with E-state index in [-0.39, 0.29) is 0 Å². The largest absolute Gasteiger partial charge is 0.438 e. The van der Waals surface area contributed by atoms with Crippen LogP contribution in [0, 0.1) is 12.8 Å². The topological polar surface area (TPSA) is 73.9 Å². The van der Waals surface area contributed by atoms with Gasteiger partial charge in [-0.1, -0.05) is 12.1 Å². The second-order valence-electron chi connectivity index (χ2n) is 6.97. The highest BCUT2D eigenvalue weighted by Gasteiger charge is 2.23. The lowest BCUT2D eigenvalue weighted by Gasteiger charge is -2.18. The standard InChI is InChI=1S/C20H18N4O2S/c1-11-3-8-15-16(9-11)27-20-17(15)19(21-10-22-20)25-14-6-4-13(5-7-14)18-23-12(2)26-24-18/h4-7,10-11H,3,8-9H2,1-2H3. The van der Waals surface area contributed by atoms with Crippen LogP contribution in [-0.4, -0.2) is 20.1 Å². The first-order chi connectivity index (χ1) is 13.2. The van der Waals surface area contributed by atoms with Gasteiger partial charge in [-0.05, 0) is 55.0 Å². The molecule has 7 heteroatoms. The summed E-state index contributed by atoms with van der Waals surface area (Å²) in [5.41, 5.74) is 2.25. The SMILES string of the molecule is Cc1nc(-c2ccc(Oc3ncnc4sc5c(c34)CCC(C)C5)cc2)no1. The van der Waals surface area contributed by atoms with Crippen molar-refractivity contribution in [3.8, 4) is 23.0 Å². The van der Waals surface area contributed by atoms with Gasteiger partial charge in [0, 0.05) is 17.4 Å². The van der Waals surface area contributed by atoms with E-state index in [1.54, 1.807) is 24.6 Å². The summed E-state index contributed by atoms with van der Waals surface area (Å²) in [4.78, 5) is 15.6. The van der Waals surface area contributed by atoms with E-state index in [0.29, 0.717) is 17.6 Å². The molecule has 0 aliphatic heterocycles. The van der Waals surface area contributed by atoms with Crippen LogP contribution in [0.25, 0.3) is 21.6 Å². The molecule has 6 nitrogen and oxygen atoms in total. The molecule has 0 fully saturated rings. The minimum absolute atomic E-state index is 0.547. The monoisotopic (exact) mass is 378 g/mol. The first-order valence-corrected chi connectivity index (χ1v) is 9.83. The molecule has 0 spiro atoms. The summed E-state index contributed by atoms with van der Waals surface area (Å²) in [5, 5.41) is 5.01. The Morgan fingerprint density at radius 2 is 2.04 bits per heavy atom. The lowest BCUT2D eigenvalue weighted by atomic mass is 9.89. The Kier molecular flexibility index (Phi) is 3.89. The van der Waals surface area contributed by atoms with Crippen molar-refractivity contribution in [3.05, 3.63) is 46.9 Å². The van der Waals surface area contributed by atoms with Crippen molar-refractivity contribution < 1.29 is 9.26 Å². The highest BCUT2D eigenvalue weighted by atomic mass is 32.1. The van der Waals surface area contributed by atoms with Gasteiger partial charge in [-0.15, -0.1) is 11.3 Å². The summed E-state index contributed by atoms with van der Waals surface area (Å²) in [6, 6.07) is 7.64. The average molecular weight is 378 g/mol. The van der Waals surface area contributed by atoms with E-state index >= 15 is 0 Å². The van der Waals surface area contributed by atoms with Crippen LogP contribution < -0.4 is 4.74 Å². The maximum Gasteiger partial charge on any atom is 0.231 e. The van der Waals surface area contributed by atoms with Gasteiger partial charge in [-0.25, -0.2) is 9.97 Å². The fourth-order valence-corrected chi connectivity index (χ4v) is 4.86. The first kappa shape index (κ1) is 16.4. The summed E-state index contributed by atoms with van der Waals surface area (Å²) in [6.45, 7) is 4.08. The van der Waals surface area contributed by atoms with E-state index in [1.807, 2.05) is 24.3 Å². The number of rotatable bonds is 3. The zero-order valence-corrected chi connectivity index (χ0v) is 15.9. The number of thiophene rings is 1. The average Bonchev–Trinajstić information content (AvgIpc) is 3.26. The molecule has 0 amide bonds. The van der Waals surface area contributed by atoms with Gasteiger partial charge in [0.25, 0.3) is 0 Å². The van der Waals surface area contributed by atoms with Crippen molar-refractivity contribution in [2.45, 2.75) is 33.1 Å². The van der Waals surface area contributed by atoms with Gasteiger partial charge in [-0.2, -0.15) is 4.98 Å². The van der Waals surface area contributed by atoms with E-state index in [4.69, 9.17) is 9.26 Å². The Hall–Kier alpha value is -2.80. The van der Waals surface area contributed by atoms with Crippen LogP contribution in [0.5, 0.6) is 11.6 Å². The van der Waals surface area contributed by atoms with Crippen molar-refractivity contribution in [1.82, 2.24) is 20.1 Å². The van der Waals surface area contributed by atoms with Crippen LogP contribution in [0.3, 0.4) is 0 Å². The molecule has 5 rings (SSSR count). The van der Waals surface area contributed by atoms with Crippen molar-refractivity contribution in [2.24, 2.45) is 5.92 Å². The zero-order valence-electron chi connectivity index (χ0n) is 15.1. The third-order valence-electron chi connectivity index (χ3n) is 4.91. The van der Waals surface area contributed by atoms with Crippen molar-refractivity contribution in [3.63, 3.8) is 0 Å². The summed E-state index contributed by atoms with van der Waals surface area (Å²) in [7, 11) is 0. The Morgan fingerprint density at radius 1 is 1.19 bits per heavy atom. The molecule has 0 bridgehead atoms. The molecule has 1 unspecified atom stereocenters. The molecule has 3 aromatic heterocycles. The third-order valence-corrected chi connectivity index (χ3v) is 6.07. The molecule has 4 aromatic rings. The normalized spacial score (nSPS) is 16.4. The van der Waals surface area contributed by atoms with Gasteiger partial charge in [0.2, 0.25) is 17.6 Å². The third kappa shape index (κ3) is 2.98. The number of nitrogens with zero attached hydrogens (tertiary/aromatic N) is 4. The van der Waals surface area contributed by atoms with Crippen LogP contribution in [0.1, 0.15) is 29.7 Å². The summed E-state index contributed by atoms with van der Waals surface area (Å²) in [5.74, 6) is 3.21. The van der Waals surface area contributed by atoms with Gasteiger partial charge in [0.1, 0.15) is 16.9 Å². The first-order valence-electron chi connectivity index (χ1n) is 9.01. The molecule has 0 saturated carbocycles. The molecule has 0 saturated heterocycles. The highest BCUT2D eigenvalue weighted by Crippen LogP contribution is 2.41. The lowest BCUT2D eigenvalue weighted by Crippen LogP contribution is -2.08. The van der Waals surface area contributed by atoms with Crippen molar-refractivity contribution in [2.75, 3.05) is 0 Å². The van der Waals surface area contributed by atoms with Crippen LogP contribution in [-0.2, 0) is 12.8 Å². The lowest BCUT2D eigenvalue weighted by molar-refractivity contribution is 0.394. The molecule has 0 N–H and O–H groups in total. The Labute approximate surface area is 160 Å². The van der Waals surface area contributed by atoms with Gasteiger partial charge in [0.05, 0.1) is 5.39 Å². The predicted molar refractivity (Wildman–Crippen MR) is 103 cm³/mol. The van der Waals surface area contributed by atoms with Crippen molar-refractivity contribution in [1.29, 1.82) is 0 Å². The Bertz CT molecular complexity index is 1120. The predicted octanol–water partition coefficient (Wildman–Crippen LogP) is 4.97. The minimum atomic E-state index is 0.547. The molecule has 0 radical (unpaired) electrons. The van der Waals surface area contributed by atoms with E-state index in [1.165, 1.54) is 16.9 Å². The van der Waals surface area contributed by atoms with Gasteiger partial charge in [-0.3, -0.25) is 0 Å². The number of fused-ring (bicyclic) bond motifs is 3. The minimum Gasteiger partial charge on any atom is -0.438 e. The highest BCUT2D eigenvalue weighted by molar-refractivity contribution is 7.18. The Balaban J connectivity index is 1.48. The number of hydrogen-bond acceptors (Lipinski definition) is 7. The molecular weight excluding hydrogens is 360 g/mol. The zero-order chi connectivity index (χ0) is 18.4. The second-order valence-corrected chi connectivity index (χ2v) is 8.06. The van der Waals surface area contributed by atoms with Gasteiger partial charge < -0.3 is 9.26 Å². The smallest absolute Gasteiger partial charge is 0.231 e. The molecule has 136 valence electrons. The molecule has 1 atom stereocenters. The number of ether oxygens (including phenoxy) is 1. The summed E-state index contributed by atoms with van der Waals surface area (Å²) >= 11 is 1.77. The number of aryl methyl sites for hydroxylation is 2. The molecule has 1 aromatic carbocycles. The van der Waals surface area contributed by atoms with E-state index < -0.39 is 0 Å². The molecule has 3 heterocycles. The maximum absolute atomic E-state index is 6.13. The quantitative estimate of drug-likeness (QED) is 0.501.